The lowest BCUT2D eigenvalue weighted by atomic mass is 10.1. The van der Waals surface area contributed by atoms with Crippen LogP contribution in [0.25, 0.3) is 0 Å². The average Bonchev–Trinajstić information content (AvgIpc) is 2.53. The van der Waals surface area contributed by atoms with Crippen LogP contribution < -0.4 is 0 Å². The molecule has 1 heterocycles. The molecule has 0 bridgehead atoms. The largest absolute Gasteiger partial charge is 0.380 e. The van der Waals surface area contributed by atoms with E-state index in [1.54, 1.807) is 0 Å². The summed E-state index contributed by atoms with van der Waals surface area (Å²) < 4.78 is 5.32. The van der Waals surface area contributed by atoms with Crippen molar-refractivity contribution < 1.29 is 4.74 Å². The monoisotopic (exact) mass is 171 g/mol. The van der Waals surface area contributed by atoms with E-state index in [-0.39, 0.29) is 0 Å². The fourth-order valence-corrected chi connectivity index (χ4v) is 1.79. The smallest absolute Gasteiger partial charge is 0.0593 e. The summed E-state index contributed by atoms with van der Waals surface area (Å²) in [6.45, 7) is 9.81. The molecular weight excluding hydrogens is 150 g/mol. The first-order valence-corrected chi connectivity index (χ1v) is 5.16. The van der Waals surface area contributed by atoms with Crippen LogP contribution in [0.5, 0.6) is 0 Å². The Bertz CT molecular complexity index is 116. The molecule has 0 saturated carbocycles. The van der Waals surface area contributed by atoms with Crippen LogP contribution in [0, 0.1) is 5.92 Å². The minimum Gasteiger partial charge on any atom is -0.380 e. The normalized spacial score (nSPS) is 25.0. The molecule has 0 N–H and O–H groups in total. The molecule has 1 saturated heterocycles. The third-order valence-corrected chi connectivity index (χ3v) is 2.70. The van der Waals surface area contributed by atoms with Gasteiger partial charge in [-0.25, -0.2) is 0 Å². The number of nitrogens with zero attached hydrogens (tertiary/aromatic N) is 1. The van der Waals surface area contributed by atoms with Crippen molar-refractivity contribution in [1.29, 1.82) is 0 Å². The molecule has 72 valence electrons. The van der Waals surface area contributed by atoms with Gasteiger partial charge in [-0.2, -0.15) is 0 Å². The van der Waals surface area contributed by atoms with Crippen LogP contribution in [0.15, 0.2) is 0 Å². The highest BCUT2D eigenvalue weighted by molar-refractivity contribution is 4.73. The second kappa shape index (κ2) is 5.55. The first kappa shape index (κ1) is 10.0. The highest BCUT2D eigenvalue weighted by atomic mass is 16.5. The van der Waals surface area contributed by atoms with Crippen LogP contribution in [0.1, 0.15) is 26.7 Å². The van der Waals surface area contributed by atoms with Gasteiger partial charge < -0.3 is 9.64 Å². The SMILES string of the molecule is CCOCCN1CCC(CC)C1. The van der Waals surface area contributed by atoms with Crippen molar-refractivity contribution in [1.82, 2.24) is 4.90 Å². The van der Waals surface area contributed by atoms with Crippen LogP contribution in [0.4, 0.5) is 0 Å². The zero-order valence-electron chi connectivity index (χ0n) is 8.38. The maximum atomic E-state index is 5.32. The third kappa shape index (κ3) is 3.11. The number of likely N-dealkylation sites (tertiary alicyclic amines) is 1. The molecule has 0 aromatic carbocycles. The molecule has 0 aliphatic carbocycles. The van der Waals surface area contributed by atoms with Gasteiger partial charge in [0, 0.05) is 19.7 Å². The first-order chi connectivity index (χ1) is 5.86. The average molecular weight is 171 g/mol. The van der Waals surface area contributed by atoms with Crippen LogP contribution in [-0.4, -0.2) is 37.7 Å². The maximum Gasteiger partial charge on any atom is 0.0593 e. The summed E-state index contributed by atoms with van der Waals surface area (Å²) in [7, 11) is 0. The molecule has 0 aromatic heterocycles. The maximum absolute atomic E-state index is 5.32. The topological polar surface area (TPSA) is 12.5 Å². The van der Waals surface area contributed by atoms with Gasteiger partial charge >= 0.3 is 0 Å². The Balaban J connectivity index is 2.03. The van der Waals surface area contributed by atoms with Gasteiger partial charge in [-0.05, 0) is 25.8 Å². The number of rotatable bonds is 5. The Morgan fingerprint density at radius 2 is 2.25 bits per heavy atom. The van der Waals surface area contributed by atoms with Gasteiger partial charge in [0.05, 0.1) is 6.61 Å². The molecule has 12 heavy (non-hydrogen) atoms. The Labute approximate surface area is 75.9 Å². The highest BCUT2D eigenvalue weighted by Gasteiger charge is 2.19. The van der Waals surface area contributed by atoms with Crippen LogP contribution in [-0.2, 0) is 4.74 Å². The van der Waals surface area contributed by atoms with Crippen molar-refractivity contribution in [3.8, 4) is 0 Å². The summed E-state index contributed by atoms with van der Waals surface area (Å²) in [6.07, 6.45) is 2.73. The van der Waals surface area contributed by atoms with Crippen molar-refractivity contribution in [3.63, 3.8) is 0 Å². The Kier molecular flexibility index (Phi) is 4.62. The number of hydrogen-bond donors (Lipinski definition) is 0. The summed E-state index contributed by atoms with van der Waals surface area (Å²) in [5.74, 6) is 0.951. The van der Waals surface area contributed by atoms with E-state index in [4.69, 9.17) is 4.74 Å². The van der Waals surface area contributed by atoms with E-state index in [0.717, 1.165) is 25.7 Å². The Morgan fingerprint density at radius 1 is 1.42 bits per heavy atom. The van der Waals surface area contributed by atoms with E-state index in [1.807, 2.05) is 0 Å². The first-order valence-electron chi connectivity index (χ1n) is 5.16. The molecule has 1 atom stereocenters. The minimum absolute atomic E-state index is 0.852. The number of hydrogen-bond acceptors (Lipinski definition) is 2. The summed E-state index contributed by atoms with van der Waals surface area (Å²) in [5, 5.41) is 0. The molecule has 2 heteroatoms. The van der Waals surface area contributed by atoms with Crippen molar-refractivity contribution in [3.05, 3.63) is 0 Å². The highest BCUT2D eigenvalue weighted by Crippen LogP contribution is 2.18. The fraction of sp³-hybridized carbons (Fsp3) is 1.00. The lowest BCUT2D eigenvalue weighted by molar-refractivity contribution is 0.120. The Hall–Kier alpha value is -0.0800. The van der Waals surface area contributed by atoms with E-state index >= 15 is 0 Å². The van der Waals surface area contributed by atoms with Crippen molar-refractivity contribution in [2.24, 2.45) is 5.92 Å². The van der Waals surface area contributed by atoms with Gasteiger partial charge in [0.1, 0.15) is 0 Å². The van der Waals surface area contributed by atoms with Crippen LogP contribution in [0.3, 0.4) is 0 Å². The fourth-order valence-electron chi connectivity index (χ4n) is 1.79. The van der Waals surface area contributed by atoms with E-state index < -0.39 is 0 Å². The molecule has 0 aromatic rings. The summed E-state index contributed by atoms with van der Waals surface area (Å²) in [5.41, 5.74) is 0. The molecule has 1 aliphatic heterocycles. The second-order valence-corrected chi connectivity index (χ2v) is 3.56. The van der Waals surface area contributed by atoms with Crippen molar-refractivity contribution in [2.75, 3.05) is 32.8 Å². The van der Waals surface area contributed by atoms with E-state index in [1.165, 1.54) is 25.9 Å². The summed E-state index contributed by atoms with van der Waals surface area (Å²) in [6, 6.07) is 0. The number of ether oxygens (including phenoxy) is 1. The zero-order chi connectivity index (χ0) is 8.81. The molecule has 1 rings (SSSR count). The van der Waals surface area contributed by atoms with E-state index in [9.17, 15) is 0 Å². The molecule has 0 spiro atoms. The zero-order valence-corrected chi connectivity index (χ0v) is 8.38. The van der Waals surface area contributed by atoms with E-state index in [2.05, 4.69) is 18.7 Å². The third-order valence-electron chi connectivity index (χ3n) is 2.70. The summed E-state index contributed by atoms with van der Waals surface area (Å²) >= 11 is 0. The lowest BCUT2D eigenvalue weighted by Crippen LogP contribution is -2.25. The lowest BCUT2D eigenvalue weighted by Gasteiger charge is -2.14. The second-order valence-electron chi connectivity index (χ2n) is 3.56. The molecule has 2 nitrogen and oxygen atoms in total. The van der Waals surface area contributed by atoms with Crippen LogP contribution in [0.2, 0.25) is 0 Å². The summed E-state index contributed by atoms with van der Waals surface area (Å²) in [4.78, 5) is 2.52. The van der Waals surface area contributed by atoms with Gasteiger partial charge in [0.2, 0.25) is 0 Å². The minimum atomic E-state index is 0.852. The molecular formula is C10H21NO. The molecule has 0 amide bonds. The molecule has 1 unspecified atom stereocenters. The van der Waals surface area contributed by atoms with Gasteiger partial charge in [0.25, 0.3) is 0 Å². The standard InChI is InChI=1S/C10H21NO/c1-3-10-5-6-11(9-10)7-8-12-4-2/h10H,3-9H2,1-2H3. The predicted molar refractivity (Wildman–Crippen MR) is 51.3 cm³/mol. The molecule has 0 radical (unpaired) electrons. The van der Waals surface area contributed by atoms with E-state index in [0.29, 0.717) is 0 Å². The quantitative estimate of drug-likeness (QED) is 0.584. The van der Waals surface area contributed by atoms with Crippen molar-refractivity contribution in [2.45, 2.75) is 26.7 Å². The molecule has 1 aliphatic rings. The van der Waals surface area contributed by atoms with Crippen molar-refractivity contribution >= 4 is 0 Å². The Morgan fingerprint density at radius 3 is 2.83 bits per heavy atom. The predicted octanol–water partition coefficient (Wildman–Crippen LogP) is 1.75. The van der Waals surface area contributed by atoms with Gasteiger partial charge in [-0.3, -0.25) is 0 Å². The molecule has 1 fully saturated rings. The van der Waals surface area contributed by atoms with Gasteiger partial charge in [-0.1, -0.05) is 13.3 Å². The van der Waals surface area contributed by atoms with Gasteiger partial charge in [-0.15, -0.1) is 0 Å². The van der Waals surface area contributed by atoms with Crippen LogP contribution >= 0.6 is 0 Å². The van der Waals surface area contributed by atoms with Gasteiger partial charge in [0.15, 0.2) is 0 Å².